The highest BCUT2D eigenvalue weighted by atomic mass is 35.5. The molecule has 29 heavy (non-hydrogen) atoms. The molecule has 1 aromatic carbocycles. The van der Waals surface area contributed by atoms with Gasteiger partial charge in [0, 0.05) is 35.2 Å². The van der Waals surface area contributed by atoms with Crippen molar-refractivity contribution in [1.82, 2.24) is 24.9 Å². The highest BCUT2D eigenvalue weighted by Gasteiger charge is 2.33. The van der Waals surface area contributed by atoms with Crippen molar-refractivity contribution < 1.29 is 9.21 Å². The summed E-state index contributed by atoms with van der Waals surface area (Å²) in [6.07, 6.45) is 1.90. The maximum atomic E-state index is 12.7. The van der Waals surface area contributed by atoms with E-state index in [0.717, 1.165) is 29.2 Å². The second-order valence-electron chi connectivity index (χ2n) is 6.81. The van der Waals surface area contributed by atoms with Gasteiger partial charge in [-0.1, -0.05) is 11.6 Å². The van der Waals surface area contributed by atoms with Gasteiger partial charge in [0.1, 0.15) is 0 Å². The minimum atomic E-state index is -0.392. The molecule has 10 heteroatoms. The summed E-state index contributed by atoms with van der Waals surface area (Å²) < 4.78 is 6.84. The number of carbonyl (C=O) groups excluding carboxylic acids is 1. The lowest BCUT2D eigenvalue weighted by molar-refractivity contribution is -0.133. The summed E-state index contributed by atoms with van der Waals surface area (Å²) >= 11 is 5.89. The van der Waals surface area contributed by atoms with E-state index >= 15 is 0 Å². The SMILES string of the molecule is O=C(CCn1[nH]c(=O)ccc1=O)N(Cc1nnc(-c2ccc(Cl)cc2)o1)C1CC1. The van der Waals surface area contributed by atoms with Crippen LogP contribution in [0.3, 0.4) is 0 Å². The molecule has 0 aliphatic heterocycles. The molecule has 1 fully saturated rings. The third-order valence-corrected chi connectivity index (χ3v) is 4.86. The zero-order valence-corrected chi connectivity index (χ0v) is 16.1. The molecule has 1 saturated carbocycles. The van der Waals surface area contributed by atoms with Crippen LogP contribution in [0.5, 0.6) is 0 Å². The van der Waals surface area contributed by atoms with Crippen LogP contribution in [0.15, 0.2) is 50.4 Å². The van der Waals surface area contributed by atoms with Crippen LogP contribution in [-0.4, -0.2) is 36.8 Å². The number of H-pyrrole nitrogens is 1. The lowest BCUT2D eigenvalue weighted by Gasteiger charge is -2.20. The van der Waals surface area contributed by atoms with Crippen molar-refractivity contribution in [3.05, 3.63) is 68.0 Å². The van der Waals surface area contributed by atoms with E-state index in [9.17, 15) is 14.4 Å². The second kappa shape index (κ2) is 8.04. The van der Waals surface area contributed by atoms with E-state index in [0.29, 0.717) is 16.8 Å². The Kier molecular flexibility index (Phi) is 5.30. The highest BCUT2D eigenvalue weighted by Crippen LogP contribution is 2.29. The summed E-state index contributed by atoms with van der Waals surface area (Å²) in [4.78, 5) is 37.6. The number of benzene rings is 1. The van der Waals surface area contributed by atoms with E-state index in [-0.39, 0.29) is 37.0 Å². The number of hydrogen-bond donors (Lipinski definition) is 1. The van der Waals surface area contributed by atoms with Gasteiger partial charge < -0.3 is 9.32 Å². The van der Waals surface area contributed by atoms with Crippen LogP contribution < -0.4 is 11.1 Å². The van der Waals surface area contributed by atoms with Gasteiger partial charge in [0.05, 0.1) is 13.1 Å². The Morgan fingerprint density at radius 1 is 1.17 bits per heavy atom. The molecule has 1 amide bonds. The molecule has 0 atom stereocenters. The van der Waals surface area contributed by atoms with Crippen molar-refractivity contribution in [3.8, 4) is 11.5 Å². The fourth-order valence-electron chi connectivity index (χ4n) is 2.96. The van der Waals surface area contributed by atoms with Gasteiger partial charge in [-0.15, -0.1) is 10.2 Å². The van der Waals surface area contributed by atoms with Gasteiger partial charge in [-0.05, 0) is 37.1 Å². The van der Waals surface area contributed by atoms with Gasteiger partial charge in [-0.2, -0.15) is 0 Å². The van der Waals surface area contributed by atoms with E-state index in [1.165, 1.54) is 6.07 Å². The number of hydrogen-bond acceptors (Lipinski definition) is 6. The van der Waals surface area contributed by atoms with Gasteiger partial charge >= 0.3 is 0 Å². The van der Waals surface area contributed by atoms with E-state index < -0.39 is 5.56 Å². The van der Waals surface area contributed by atoms with E-state index in [2.05, 4.69) is 15.3 Å². The second-order valence-corrected chi connectivity index (χ2v) is 7.25. The fraction of sp³-hybridized carbons (Fsp3) is 0.316. The lowest BCUT2D eigenvalue weighted by Crippen LogP contribution is -2.35. The summed E-state index contributed by atoms with van der Waals surface area (Å²) in [7, 11) is 0. The molecular formula is C19H18ClN5O4. The standard InChI is InChI=1S/C19H18ClN5O4/c20-13-3-1-12(2-4-13)19-22-21-16(29-19)11-24(14-5-6-14)17(27)9-10-25-18(28)8-7-15(26)23-25/h1-4,7-8,14H,5-6,9-11H2,(H,23,26). The summed E-state index contributed by atoms with van der Waals surface area (Å²) in [6, 6.07) is 9.49. The van der Waals surface area contributed by atoms with E-state index in [1.54, 1.807) is 29.2 Å². The molecule has 0 spiro atoms. The number of halogens is 1. The number of nitrogens with zero attached hydrogens (tertiary/aromatic N) is 4. The smallest absolute Gasteiger partial charge is 0.265 e. The van der Waals surface area contributed by atoms with Crippen LogP contribution in [0.2, 0.25) is 5.02 Å². The largest absolute Gasteiger partial charge is 0.419 e. The first-order chi connectivity index (χ1) is 14.0. The summed E-state index contributed by atoms with van der Waals surface area (Å²) in [6.45, 7) is 0.293. The van der Waals surface area contributed by atoms with Crippen molar-refractivity contribution in [1.29, 1.82) is 0 Å². The normalized spacial score (nSPS) is 13.4. The molecular weight excluding hydrogens is 398 g/mol. The first-order valence-electron chi connectivity index (χ1n) is 9.17. The summed E-state index contributed by atoms with van der Waals surface area (Å²) in [5.41, 5.74) is -0.0126. The maximum absolute atomic E-state index is 12.7. The first kappa shape index (κ1) is 19.1. The fourth-order valence-corrected chi connectivity index (χ4v) is 3.08. The number of rotatable bonds is 7. The molecule has 0 bridgehead atoms. The van der Waals surface area contributed by atoms with Gasteiger partial charge in [0.2, 0.25) is 17.7 Å². The van der Waals surface area contributed by atoms with Gasteiger partial charge in [-0.3, -0.25) is 19.5 Å². The first-order valence-corrected chi connectivity index (χ1v) is 9.55. The maximum Gasteiger partial charge on any atom is 0.265 e. The molecule has 2 heterocycles. The predicted molar refractivity (Wildman–Crippen MR) is 104 cm³/mol. The third kappa shape index (κ3) is 4.62. The molecule has 0 unspecified atom stereocenters. The van der Waals surface area contributed by atoms with Crippen LogP contribution >= 0.6 is 11.6 Å². The van der Waals surface area contributed by atoms with E-state index in [4.69, 9.17) is 16.0 Å². The Balaban J connectivity index is 1.43. The molecule has 150 valence electrons. The molecule has 9 nitrogen and oxygen atoms in total. The number of carbonyl (C=O) groups is 1. The van der Waals surface area contributed by atoms with Gasteiger partial charge in [-0.25, -0.2) is 4.68 Å². The molecule has 3 aromatic rings. The average Bonchev–Trinajstić information content (AvgIpc) is 3.45. The Hall–Kier alpha value is -3.20. The quantitative estimate of drug-likeness (QED) is 0.629. The van der Waals surface area contributed by atoms with Crippen LogP contribution in [-0.2, 0) is 17.9 Å². The Morgan fingerprint density at radius 3 is 2.66 bits per heavy atom. The zero-order chi connectivity index (χ0) is 20.4. The average molecular weight is 416 g/mol. The minimum absolute atomic E-state index is 0.0779. The van der Waals surface area contributed by atoms with Crippen LogP contribution in [0.25, 0.3) is 11.5 Å². The molecule has 2 aromatic heterocycles. The lowest BCUT2D eigenvalue weighted by atomic mass is 10.2. The van der Waals surface area contributed by atoms with Crippen molar-refractivity contribution in [2.45, 2.75) is 38.4 Å². The van der Waals surface area contributed by atoms with Crippen molar-refractivity contribution in [3.63, 3.8) is 0 Å². The topological polar surface area (TPSA) is 114 Å². The number of amides is 1. The van der Waals surface area contributed by atoms with Crippen LogP contribution in [0.4, 0.5) is 0 Å². The van der Waals surface area contributed by atoms with E-state index in [1.807, 2.05) is 0 Å². The molecule has 0 saturated heterocycles. The van der Waals surface area contributed by atoms with Crippen molar-refractivity contribution in [2.75, 3.05) is 0 Å². The van der Waals surface area contributed by atoms with Gasteiger partial charge in [0.15, 0.2) is 0 Å². The molecule has 0 radical (unpaired) electrons. The number of aromatic amines is 1. The third-order valence-electron chi connectivity index (χ3n) is 4.61. The molecule has 1 aliphatic rings. The predicted octanol–water partition coefficient (Wildman–Crippen LogP) is 1.82. The number of aryl methyl sites for hydroxylation is 1. The van der Waals surface area contributed by atoms with Crippen LogP contribution in [0, 0.1) is 0 Å². The zero-order valence-electron chi connectivity index (χ0n) is 15.4. The Labute approximate surface area is 169 Å². The van der Waals surface area contributed by atoms with Crippen molar-refractivity contribution >= 4 is 17.5 Å². The molecule has 1 N–H and O–H groups in total. The monoisotopic (exact) mass is 415 g/mol. The number of nitrogens with one attached hydrogen (secondary N) is 1. The minimum Gasteiger partial charge on any atom is -0.419 e. The number of aromatic nitrogens is 4. The van der Waals surface area contributed by atoms with Crippen LogP contribution in [0.1, 0.15) is 25.2 Å². The van der Waals surface area contributed by atoms with Gasteiger partial charge in [0.25, 0.3) is 11.1 Å². The Bertz CT molecular complexity index is 1130. The highest BCUT2D eigenvalue weighted by molar-refractivity contribution is 6.30. The Morgan fingerprint density at radius 2 is 1.93 bits per heavy atom. The summed E-state index contributed by atoms with van der Waals surface area (Å²) in [5, 5.41) is 11.1. The summed E-state index contributed by atoms with van der Waals surface area (Å²) in [5.74, 6) is 0.545. The molecule has 1 aliphatic carbocycles. The van der Waals surface area contributed by atoms with Crippen molar-refractivity contribution in [2.24, 2.45) is 0 Å². The molecule has 4 rings (SSSR count).